The van der Waals surface area contributed by atoms with E-state index in [1.165, 1.54) is 0 Å². The summed E-state index contributed by atoms with van der Waals surface area (Å²) in [7, 11) is 1.41. The number of hydrogen-bond acceptors (Lipinski definition) is 4. The summed E-state index contributed by atoms with van der Waals surface area (Å²) in [6.07, 6.45) is -0.838. The first-order chi connectivity index (χ1) is 20.5. The molecule has 0 bridgehead atoms. The maximum atomic E-state index is 14.8. The smallest absolute Gasteiger partial charge is 0.385 e. The van der Waals surface area contributed by atoms with Crippen molar-refractivity contribution in [2.45, 2.75) is 74.1 Å². The largest absolute Gasteiger partial charge is 0.495 e. The first kappa shape index (κ1) is 38.7. The van der Waals surface area contributed by atoms with Crippen molar-refractivity contribution < 1.29 is 79.7 Å². The number of anilines is 2. The molecular weight excluding hydrogens is 676 g/mol. The molecule has 4 nitrogen and oxygen atoms in total. The van der Waals surface area contributed by atoms with Crippen molar-refractivity contribution in [2.24, 2.45) is 0 Å². The van der Waals surface area contributed by atoms with E-state index >= 15 is 0 Å². The Bertz CT molecular complexity index is 1290. The predicted octanol–water partition coefficient (Wildman–Crippen LogP) is 8.69. The van der Waals surface area contributed by atoms with Crippen LogP contribution in [0.25, 0.3) is 0 Å². The van der Waals surface area contributed by atoms with E-state index in [-0.39, 0.29) is 24.3 Å². The van der Waals surface area contributed by atoms with Gasteiger partial charge in [0.05, 0.1) is 25.6 Å². The number of rotatable bonds is 13. The summed E-state index contributed by atoms with van der Waals surface area (Å²) in [5.74, 6) is -64.6. The van der Waals surface area contributed by atoms with Crippen LogP contribution in [-0.2, 0) is 24.7 Å². The second kappa shape index (κ2) is 11.6. The van der Waals surface area contributed by atoms with Gasteiger partial charge in [-0.25, -0.2) is 0 Å². The molecule has 20 heteroatoms. The first-order valence-corrected chi connectivity index (χ1v) is 12.5. The van der Waals surface area contributed by atoms with Crippen LogP contribution < -0.4 is 20.9 Å². The molecule has 2 aromatic carbocycles. The van der Waals surface area contributed by atoms with E-state index in [2.05, 4.69) is 9.47 Å². The molecule has 0 aliphatic rings. The minimum atomic E-state index is -8.57. The van der Waals surface area contributed by atoms with Crippen LogP contribution in [0.2, 0.25) is 0 Å². The maximum Gasteiger partial charge on any atom is 0.385 e. The van der Waals surface area contributed by atoms with E-state index in [0.717, 1.165) is 13.8 Å². The van der Waals surface area contributed by atoms with Crippen molar-refractivity contribution >= 4 is 11.4 Å². The minimum Gasteiger partial charge on any atom is -0.495 e. The third-order valence-corrected chi connectivity index (χ3v) is 7.14. The Hall–Kier alpha value is -3.48. The zero-order valence-electron chi connectivity index (χ0n) is 23.7. The monoisotopic (exact) mass is 700 g/mol. The van der Waals surface area contributed by atoms with Crippen LogP contribution in [-0.4, -0.2) is 49.8 Å². The topological polar surface area (TPSA) is 70.5 Å². The fourth-order valence-corrected chi connectivity index (χ4v) is 4.20. The van der Waals surface area contributed by atoms with Crippen LogP contribution in [0.1, 0.15) is 36.1 Å². The maximum absolute atomic E-state index is 14.8. The van der Waals surface area contributed by atoms with Gasteiger partial charge in [0.1, 0.15) is 11.5 Å². The van der Waals surface area contributed by atoms with Crippen molar-refractivity contribution in [2.75, 3.05) is 25.7 Å². The summed E-state index contributed by atoms with van der Waals surface area (Å²) in [6, 6.07) is -0.479. The standard InChI is InChI=1S/C26H24F16N2O2/c1-5-11-7-13(9-15(45-3)17(11)43)19(27,28)21(31,32)23(35,36)25(39,40)26(41,42)24(37,38)22(33,34)20(29,30)14-8-12(6-2)18(44)16(10-14)46-4/h7-10H,5-6,43-44H2,1-4H3. The summed E-state index contributed by atoms with van der Waals surface area (Å²) in [6.45, 7) is 2.30. The van der Waals surface area contributed by atoms with Crippen molar-refractivity contribution in [1.82, 2.24) is 0 Å². The molecule has 46 heavy (non-hydrogen) atoms. The number of aryl methyl sites for hydroxylation is 2. The highest BCUT2D eigenvalue weighted by Crippen LogP contribution is 2.66. The van der Waals surface area contributed by atoms with Gasteiger partial charge in [-0.3, -0.25) is 0 Å². The molecule has 0 atom stereocenters. The molecule has 0 fully saturated rings. The van der Waals surface area contributed by atoms with Crippen LogP contribution in [0.5, 0.6) is 11.5 Å². The molecule has 0 saturated heterocycles. The molecule has 0 aromatic heterocycles. The van der Waals surface area contributed by atoms with E-state index in [1.807, 2.05) is 0 Å². The third kappa shape index (κ3) is 5.09. The van der Waals surface area contributed by atoms with Gasteiger partial charge >= 0.3 is 47.4 Å². The minimum absolute atomic E-state index is 0.0487. The van der Waals surface area contributed by atoms with Crippen LogP contribution in [0.3, 0.4) is 0 Å². The summed E-state index contributed by atoms with van der Waals surface area (Å²) in [5.41, 5.74) is 4.15. The molecule has 0 spiro atoms. The van der Waals surface area contributed by atoms with Crippen LogP contribution in [0.15, 0.2) is 24.3 Å². The SMILES string of the molecule is CCc1cc(C(F)(F)C(F)(F)C(F)(F)C(F)(F)C(F)(F)C(F)(F)C(F)(F)C(F)(F)c2cc(CC)c(N)c(OC)c2)cc(OC)c1N. The third-order valence-electron chi connectivity index (χ3n) is 7.14. The lowest BCUT2D eigenvalue weighted by Gasteiger charge is -2.44. The molecule has 0 radical (unpaired) electrons. The highest BCUT2D eigenvalue weighted by Gasteiger charge is 2.95. The van der Waals surface area contributed by atoms with E-state index in [0.29, 0.717) is 14.2 Å². The van der Waals surface area contributed by atoms with Gasteiger partial charge in [-0.15, -0.1) is 0 Å². The lowest BCUT2D eigenvalue weighted by Crippen LogP contribution is -2.74. The number of alkyl halides is 16. The van der Waals surface area contributed by atoms with Gasteiger partial charge in [-0.05, 0) is 48.2 Å². The number of hydrogen-bond donors (Lipinski definition) is 2. The molecular formula is C26H24F16N2O2. The van der Waals surface area contributed by atoms with E-state index in [1.54, 1.807) is 0 Å². The summed E-state index contributed by atoms with van der Waals surface area (Å²) in [5, 5.41) is 0. The Labute approximate surface area is 249 Å². The molecule has 2 aromatic rings. The normalized spacial score (nSPS) is 14.4. The Balaban J connectivity index is 2.77. The van der Waals surface area contributed by atoms with Gasteiger partial charge in [0, 0.05) is 11.1 Å². The molecule has 0 aliphatic carbocycles. The Morgan fingerprint density at radius 3 is 0.913 bits per heavy atom. The van der Waals surface area contributed by atoms with E-state index in [9.17, 15) is 70.2 Å². The summed E-state index contributed by atoms with van der Waals surface area (Å²) < 4.78 is 243. The number of halogens is 16. The van der Waals surface area contributed by atoms with Crippen molar-refractivity contribution in [3.8, 4) is 11.5 Å². The van der Waals surface area contributed by atoms with Crippen molar-refractivity contribution in [1.29, 1.82) is 0 Å². The molecule has 2 rings (SSSR count). The number of benzene rings is 2. The lowest BCUT2D eigenvalue weighted by atomic mass is 9.84. The average molecular weight is 700 g/mol. The van der Waals surface area contributed by atoms with E-state index in [4.69, 9.17) is 11.5 Å². The van der Waals surface area contributed by atoms with Crippen LogP contribution >= 0.6 is 0 Å². The quantitative estimate of drug-likeness (QED) is 0.162. The van der Waals surface area contributed by atoms with Crippen LogP contribution in [0.4, 0.5) is 81.6 Å². The Morgan fingerprint density at radius 2 is 0.696 bits per heavy atom. The van der Waals surface area contributed by atoms with Gasteiger partial charge < -0.3 is 20.9 Å². The highest BCUT2D eigenvalue weighted by atomic mass is 19.4. The van der Waals surface area contributed by atoms with Crippen molar-refractivity contribution in [3.63, 3.8) is 0 Å². The molecule has 4 N–H and O–H groups in total. The zero-order valence-corrected chi connectivity index (χ0v) is 23.7. The Morgan fingerprint density at radius 1 is 0.457 bits per heavy atom. The van der Waals surface area contributed by atoms with Gasteiger partial charge in [0.2, 0.25) is 0 Å². The number of nitrogen functional groups attached to an aromatic ring is 2. The zero-order chi connectivity index (χ0) is 36.3. The fraction of sp³-hybridized carbons (Fsp3) is 0.538. The highest BCUT2D eigenvalue weighted by molar-refractivity contribution is 5.62. The molecule has 0 saturated carbocycles. The molecule has 262 valence electrons. The molecule has 0 amide bonds. The lowest BCUT2D eigenvalue weighted by molar-refractivity contribution is -0.456. The Kier molecular flexibility index (Phi) is 9.80. The van der Waals surface area contributed by atoms with Gasteiger partial charge in [0.25, 0.3) is 0 Å². The second-order valence-corrected chi connectivity index (χ2v) is 9.80. The number of ether oxygens (including phenoxy) is 2. The number of methoxy groups -OCH3 is 2. The first-order valence-electron chi connectivity index (χ1n) is 12.5. The van der Waals surface area contributed by atoms with E-state index < -0.39 is 105 Å². The van der Waals surface area contributed by atoms with Gasteiger partial charge in [0.15, 0.2) is 0 Å². The fourth-order valence-electron chi connectivity index (χ4n) is 4.20. The molecule has 0 unspecified atom stereocenters. The molecule has 0 aliphatic heterocycles. The van der Waals surface area contributed by atoms with Crippen molar-refractivity contribution in [3.05, 3.63) is 46.5 Å². The van der Waals surface area contributed by atoms with Crippen LogP contribution in [0, 0.1) is 0 Å². The summed E-state index contributed by atoms with van der Waals surface area (Å²) >= 11 is 0. The average Bonchev–Trinajstić information content (AvgIpc) is 2.96. The second-order valence-electron chi connectivity index (χ2n) is 9.80. The van der Waals surface area contributed by atoms with Gasteiger partial charge in [-0.2, -0.15) is 70.2 Å². The van der Waals surface area contributed by atoms with Gasteiger partial charge in [-0.1, -0.05) is 13.8 Å². The summed E-state index contributed by atoms with van der Waals surface area (Å²) in [4.78, 5) is 0. The number of nitrogens with two attached hydrogens (primary N) is 2. The predicted molar refractivity (Wildman–Crippen MR) is 131 cm³/mol. The molecule has 0 heterocycles.